The number of piperazine rings is 1. The molecule has 0 aliphatic carbocycles. The van der Waals surface area contributed by atoms with Gasteiger partial charge in [0.15, 0.2) is 0 Å². The molecule has 3 rings (SSSR count). The fraction of sp³-hybridized carbons (Fsp3) is 0.643. The minimum atomic E-state index is -0.0817. The molecule has 0 spiro atoms. The van der Waals surface area contributed by atoms with E-state index in [0.717, 1.165) is 36.8 Å². The van der Waals surface area contributed by atoms with Crippen LogP contribution in [0.25, 0.3) is 4.96 Å². The normalized spacial score (nSPS) is 23.8. The van der Waals surface area contributed by atoms with Crippen LogP contribution >= 0.6 is 11.3 Å². The van der Waals surface area contributed by atoms with E-state index in [-0.39, 0.29) is 5.56 Å². The minimum absolute atomic E-state index is 0.0817. The number of aromatic nitrogens is 3. The first-order valence-electron chi connectivity index (χ1n) is 7.43. The third-order valence-corrected chi connectivity index (χ3v) is 4.95. The second-order valence-electron chi connectivity index (χ2n) is 5.72. The number of nitrogens with one attached hydrogen (secondary N) is 1. The quantitative estimate of drug-likeness (QED) is 0.913. The highest BCUT2D eigenvalue weighted by atomic mass is 32.1. The molecule has 21 heavy (non-hydrogen) atoms. The molecule has 0 saturated carbocycles. The van der Waals surface area contributed by atoms with Crippen molar-refractivity contribution in [1.29, 1.82) is 0 Å². The SMILES string of the molecule is CCc1nn2c(=O)cc(CN3CC(C)NCC3C)nc2s1. The summed E-state index contributed by atoms with van der Waals surface area (Å²) in [7, 11) is 0. The van der Waals surface area contributed by atoms with Gasteiger partial charge in [0, 0.05) is 37.8 Å². The number of nitrogens with zero attached hydrogens (tertiary/aromatic N) is 4. The highest BCUT2D eigenvalue weighted by Gasteiger charge is 2.23. The second-order valence-corrected chi connectivity index (χ2v) is 6.76. The van der Waals surface area contributed by atoms with Gasteiger partial charge in [-0.2, -0.15) is 9.61 Å². The van der Waals surface area contributed by atoms with Gasteiger partial charge in [-0.05, 0) is 20.3 Å². The summed E-state index contributed by atoms with van der Waals surface area (Å²) in [5, 5.41) is 8.69. The summed E-state index contributed by atoms with van der Waals surface area (Å²) in [6.45, 7) is 9.09. The average molecular weight is 307 g/mol. The van der Waals surface area contributed by atoms with E-state index in [1.807, 2.05) is 6.92 Å². The zero-order valence-corrected chi connectivity index (χ0v) is 13.5. The van der Waals surface area contributed by atoms with Crippen LogP contribution in [0.2, 0.25) is 0 Å². The zero-order chi connectivity index (χ0) is 15.0. The van der Waals surface area contributed by atoms with Gasteiger partial charge in [0.2, 0.25) is 4.96 Å². The molecule has 0 aromatic carbocycles. The number of aryl methyl sites for hydroxylation is 1. The maximum atomic E-state index is 12.2. The van der Waals surface area contributed by atoms with Crippen LogP contribution in [-0.2, 0) is 13.0 Å². The maximum Gasteiger partial charge on any atom is 0.275 e. The molecule has 7 heteroatoms. The molecule has 2 atom stereocenters. The van der Waals surface area contributed by atoms with Crippen LogP contribution in [0.4, 0.5) is 0 Å². The van der Waals surface area contributed by atoms with Crippen LogP contribution in [0.1, 0.15) is 31.5 Å². The van der Waals surface area contributed by atoms with Gasteiger partial charge in [-0.25, -0.2) is 4.98 Å². The first-order valence-corrected chi connectivity index (χ1v) is 8.24. The predicted molar refractivity (Wildman–Crippen MR) is 83.8 cm³/mol. The highest BCUT2D eigenvalue weighted by molar-refractivity contribution is 7.16. The third kappa shape index (κ3) is 3.00. The molecule has 6 nitrogen and oxygen atoms in total. The van der Waals surface area contributed by atoms with E-state index in [0.29, 0.717) is 17.0 Å². The van der Waals surface area contributed by atoms with Crippen LogP contribution in [0.5, 0.6) is 0 Å². The molecule has 2 unspecified atom stereocenters. The number of hydrogen-bond acceptors (Lipinski definition) is 6. The molecular formula is C14H21N5OS. The van der Waals surface area contributed by atoms with E-state index in [4.69, 9.17) is 0 Å². The van der Waals surface area contributed by atoms with Crippen LogP contribution in [0.3, 0.4) is 0 Å². The Balaban J connectivity index is 1.88. The Hall–Kier alpha value is -1.31. The minimum Gasteiger partial charge on any atom is -0.311 e. The van der Waals surface area contributed by atoms with E-state index in [1.54, 1.807) is 6.07 Å². The van der Waals surface area contributed by atoms with E-state index >= 15 is 0 Å². The third-order valence-electron chi connectivity index (χ3n) is 3.90. The summed E-state index contributed by atoms with van der Waals surface area (Å²) in [4.78, 5) is 19.8. The van der Waals surface area contributed by atoms with E-state index in [9.17, 15) is 4.79 Å². The molecule has 3 heterocycles. The number of rotatable bonds is 3. The fourth-order valence-corrected chi connectivity index (χ4v) is 3.50. The molecule has 1 aliphatic rings. The lowest BCUT2D eigenvalue weighted by Crippen LogP contribution is -2.53. The molecule has 1 fully saturated rings. The molecule has 2 aromatic heterocycles. The number of hydrogen-bond donors (Lipinski definition) is 1. The number of fused-ring (bicyclic) bond motifs is 1. The predicted octanol–water partition coefficient (Wildman–Crippen LogP) is 0.896. The summed E-state index contributed by atoms with van der Waals surface area (Å²) in [5.41, 5.74) is 0.758. The molecular weight excluding hydrogens is 286 g/mol. The summed E-state index contributed by atoms with van der Waals surface area (Å²) < 4.78 is 1.41. The smallest absolute Gasteiger partial charge is 0.275 e. The Morgan fingerprint density at radius 3 is 3.05 bits per heavy atom. The Morgan fingerprint density at radius 1 is 1.48 bits per heavy atom. The van der Waals surface area contributed by atoms with Gasteiger partial charge in [-0.1, -0.05) is 18.3 Å². The Morgan fingerprint density at radius 2 is 2.29 bits per heavy atom. The lowest BCUT2D eigenvalue weighted by molar-refractivity contribution is 0.137. The lowest BCUT2D eigenvalue weighted by atomic mass is 10.1. The Kier molecular flexibility index (Phi) is 4.05. The first kappa shape index (κ1) is 14.6. The van der Waals surface area contributed by atoms with E-state index < -0.39 is 0 Å². The van der Waals surface area contributed by atoms with Gasteiger partial charge in [-0.3, -0.25) is 9.69 Å². The monoisotopic (exact) mass is 307 g/mol. The van der Waals surface area contributed by atoms with Gasteiger partial charge in [0.05, 0.1) is 5.69 Å². The maximum absolute atomic E-state index is 12.2. The summed E-state index contributed by atoms with van der Waals surface area (Å²) in [6.07, 6.45) is 0.829. The van der Waals surface area contributed by atoms with Crippen molar-refractivity contribution in [2.24, 2.45) is 0 Å². The molecule has 2 aromatic rings. The molecule has 0 bridgehead atoms. The van der Waals surface area contributed by atoms with Gasteiger partial charge >= 0.3 is 0 Å². The molecule has 1 aliphatic heterocycles. The second kappa shape index (κ2) is 5.82. The summed E-state index contributed by atoms with van der Waals surface area (Å²) >= 11 is 1.50. The van der Waals surface area contributed by atoms with Gasteiger partial charge < -0.3 is 5.32 Å². The van der Waals surface area contributed by atoms with Crippen molar-refractivity contribution in [1.82, 2.24) is 24.8 Å². The lowest BCUT2D eigenvalue weighted by Gasteiger charge is -2.37. The van der Waals surface area contributed by atoms with Crippen molar-refractivity contribution in [2.75, 3.05) is 13.1 Å². The summed E-state index contributed by atoms with van der Waals surface area (Å²) in [5.74, 6) is 0. The standard InChI is InChI=1S/C14H21N5OS/c1-4-12-17-19-13(20)5-11(16-14(19)21-12)8-18-7-9(2)15-6-10(18)3/h5,9-10,15H,4,6-8H2,1-3H3. The Labute approximate surface area is 127 Å². The molecule has 1 N–H and O–H groups in total. The topological polar surface area (TPSA) is 62.5 Å². The van der Waals surface area contributed by atoms with Gasteiger partial charge in [0.1, 0.15) is 5.01 Å². The molecule has 114 valence electrons. The van der Waals surface area contributed by atoms with Crippen LogP contribution < -0.4 is 10.9 Å². The largest absolute Gasteiger partial charge is 0.311 e. The fourth-order valence-electron chi connectivity index (χ4n) is 2.65. The molecule has 0 radical (unpaired) electrons. The van der Waals surface area contributed by atoms with Crippen LogP contribution in [0, 0.1) is 0 Å². The van der Waals surface area contributed by atoms with Crippen molar-refractivity contribution in [2.45, 2.75) is 45.8 Å². The molecule has 0 amide bonds. The summed E-state index contributed by atoms with van der Waals surface area (Å²) in [6, 6.07) is 2.54. The van der Waals surface area contributed by atoms with Crippen LogP contribution in [0.15, 0.2) is 10.9 Å². The molecule has 1 saturated heterocycles. The first-order chi connectivity index (χ1) is 10.1. The van der Waals surface area contributed by atoms with Crippen molar-refractivity contribution in [3.63, 3.8) is 0 Å². The van der Waals surface area contributed by atoms with Gasteiger partial charge in [0.25, 0.3) is 5.56 Å². The van der Waals surface area contributed by atoms with Crippen molar-refractivity contribution in [3.05, 3.63) is 27.1 Å². The van der Waals surface area contributed by atoms with Gasteiger partial charge in [-0.15, -0.1) is 0 Å². The highest BCUT2D eigenvalue weighted by Crippen LogP contribution is 2.14. The van der Waals surface area contributed by atoms with Crippen LogP contribution in [-0.4, -0.2) is 44.7 Å². The zero-order valence-electron chi connectivity index (χ0n) is 12.7. The van der Waals surface area contributed by atoms with Crippen molar-refractivity contribution in [3.8, 4) is 0 Å². The van der Waals surface area contributed by atoms with E-state index in [1.165, 1.54) is 15.9 Å². The van der Waals surface area contributed by atoms with Crippen molar-refractivity contribution >= 4 is 16.3 Å². The average Bonchev–Trinajstić information content (AvgIpc) is 2.86. The van der Waals surface area contributed by atoms with Crippen molar-refractivity contribution < 1.29 is 0 Å². The Bertz CT molecular complexity index is 694. The van der Waals surface area contributed by atoms with E-state index in [2.05, 4.69) is 34.1 Å².